The largest absolute Gasteiger partial charge is 0.459 e. The highest BCUT2D eigenvalue weighted by atomic mass is 16.6. The summed E-state index contributed by atoms with van der Waals surface area (Å²) in [4.78, 5) is 11.8. The Balaban J connectivity index is 1.81. The van der Waals surface area contributed by atoms with Gasteiger partial charge < -0.3 is 15.4 Å². The summed E-state index contributed by atoms with van der Waals surface area (Å²) in [5.41, 5.74) is -0.391. The Morgan fingerprint density at radius 3 is 2.60 bits per heavy atom. The lowest BCUT2D eigenvalue weighted by Crippen LogP contribution is -2.48. The number of hydrogen-bond donors (Lipinski definition) is 2. The van der Waals surface area contributed by atoms with E-state index in [1.165, 1.54) is 38.5 Å². The van der Waals surface area contributed by atoms with Crippen LogP contribution in [-0.4, -0.2) is 36.7 Å². The minimum absolute atomic E-state index is 0.138. The molecule has 2 fully saturated rings. The van der Waals surface area contributed by atoms with Gasteiger partial charge in [0.05, 0.1) is 6.54 Å². The van der Waals surface area contributed by atoms with Crippen molar-refractivity contribution in [1.82, 2.24) is 10.6 Å². The SMILES string of the molecule is CC(C)(C)OC(=O)CNC1CCCCC1C1CCCN1. The molecule has 0 bridgehead atoms. The molecule has 3 unspecified atom stereocenters. The van der Waals surface area contributed by atoms with Gasteiger partial charge in [0.25, 0.3) is 0 Å². The monoisotopic (exact) mass is 282 g/mol. The first kappa shape index (κ1) is 15.8. The Morgan fingerprint density at radius 2 is 1.95 bits per heavy atom. The van der Waals surface area contributed by atoms with Crippen LogP contribution in [0.4, 0.5) is 0 Å². The smallest absolute Gasteiger partial charge is 0.320 e. The predicted octanol–water partition coefficient (Wildman–Crippen LogP) is 2.23. The van der Waals surface area contributed by atoms with Crippen molar-refractivity contribution >= 4 is 5.97 Å². The van der Waals surface area contributed by atoms with Gasteiger partial charge in [0.2, 0.25) is 0 Å². The molecule has 4 nitrogen and oxygen atoms in total. The lowest BCUT2D eigenvalue weighted by molar-refractivity contribution is -0.153. The number of ether oxygens (including phenoxy) is 1. The van der Waals surface area contributed by atoms with Crippen molar-refractivity contribution in [3.05, 3.63) is 0 Å². The average Bonchev–Trinajstić information content (AvgIpc) is 2.88. The van der Waals surface area contributed by atoms with Crippen LogP contribution < -0.4 is 10.6 Å². The second kappa shape index (κ2) is 6.90. The van der Waals surface area contributed by atoms with Crippen LogP contribution in [-0.2, 0) is 9.53 Å². The highest BCUT2D eigenvalue weighted by Crippen LogP contribution is 2.30. The van der Waals surface area contributed by atoms with Crippen LogP contribution in [0.3, 0.4) is 0 Å². The standard InChI is InChI=1S/C16H30N2O2/c1-16(2,3)20-15(19)11-18-14-8-5-4-7-12(14)13-9-6-10-17-13/h12-14,17-18H,4-11H2,1-3H3. The Bertz CT molecular complexity index is 319. The van der Waals surface area contributed by atoms with Crippen molar-refractivity contribution in [2.75, 3.05) is 13.1 Å². The molecule has 1 aliphatic carbocycles. The third-order valence-corrected chi connectivity index (χ3v) is 4.36. The minimum atomic E-state index is -0.391. The fourth-order valence-corrected chi connectivity index (χ4v) is 3.56. The van der Waals surface area contributed by atoms with E-state index in [4.69, 9.17) is 4.74 Å². The van der Waals surface area contributed by atoms with Crippen molar-refractivity contribution in [1.29, 1.82) is 0 Å². The van der Waals surface area contributed by atoms with E-state index in [1.54, 1.807) is 0 Å². The molecule has 1 heterocycles. The zero-order valence-electron chi connectivity index (χ0n) is 13.2. The van der Waals surface area contributed by atoms with Crippen LogP contribution in [0.1, 0.15) is 59.3 Å². The number of rotatable bonds is 4. The van der Waals surface area contributed by atoms with E-state index in [1.807, 2.05) is 20.8 Å². The summed E-state index contributed by atoms with van der Waals surface area (Å²) in [5.74, 6) is 0.537. The molecule has 3 atom stereocenters. The van der Waals surface area contributed by atoms with Crippen LogP contribution in [0.15, 0.2) is 0 Å². The molecule has 0 radical (unpaired) electrons. The van der Waals surface area contributed by atoms with Gasteiger partial charge in [0.1, 0.15) is 5.60 Å². The van der Waals surface area contributed by atoms with E-state index < -0.39 is 5.60 Å². The average molecular weight is 282 g/mol. The summed E-state index contributed by atoms with van der Waals surface area (Å²) >= 11 is 0. The van der Waals surface area contributed by atoms with Gasteiger partial charge in [-0.25, -0.2) is 0 Å². The van der Waals surface area contributed by atoms with Gasteiger partial charge in [0.15, 0.2) is 0 Å². The van der Waals surface area contributed by atoms with Crippen molar-refractivity contribution in [2.24, 2.45) is 5.92 Å². The van der Waals surface area contributed by atoms with Gasteiger partial charge in [-0.15, -0.1) is 0 Å². The molecule has 1 saturated carbocycles. The topological polar surface area (TPSA) is 50.4 Å². The molecule has 2 rings (SSSR count). The molecule has 2 N–H and O–H groups in total. The minimum Gasteiger partial charge on any atom is -0.459 e. The molecular weight excluding hydrogens is 252 g/mol. The number of hydrogen-bond acceptors (Lipinski definition) is 4. The number of carbonyl (C=O) groups excluding carboxylic acids is 1. The van der Waals surface area contributed by atoms with Crippen molar-refractivity contribution in [2.45, 2.75) is 77.0 Å². The van der Waals surface area contributed by atoms with E-state index in [9.17, 15) is 4.79 Å². The van der Waals surface area contributed by atoms with Gasteiger partial charge in [-0.05, 0) is 58.9 Å². The molecule has 1 saturated heterocycles. The van der Waals surface area contributed by atoms with Crippen LogP contribution in [0.5, 0.6) is 0 Å². The Morgan fingerprint density at radius 1 is 1.20 bits per heavy atom. The third kappa shape index (κ3) is 4.74. The Kier molecular flexibility index (Phi) is 5.44. The van der Waals surface area contributed by atoms with E-state index in [0.717, 1.165) is 6.54 Å². The molecule has 0 spiro atoms. The normalized spacial score (nSPS) is 31.2. The van der Waals surface area contributed by atoms with Crippen LogP contribution in [0, 0.1) is 5.92 Å². The zero-order valence-corrected chi connectivity index (χ0v) is 13.2. The molecule has 4 heteroatoms. The highest BCUT2D eigenvalue weighted by Gasteiger charge is 2.33. The Hall–Kier alpha value is -0.610. The Labute approximate surface area is 123 Å². The molecule has 0 aromatic carbocycles. The maximum atomic E-state index is 11.8. The van der Waals surface area contributed by atoms with Gasteiger partial charge in [-0.2, -0.15) is 0 Å². The number of esters is 1. The summed E-state index contributed by atoms with van der Waals surface area (Å²) < 4.78 is 5.37. The van der Waals surface area contributed by atoms with E-state index in [-0.39, 0.29) is 5.97 Å². The molecular formula is C16H30N2O2. The third-order valence-electron chi connectivity index (χ3n) is 4.36. The maximum absolute atomic E-state index is 11.8. The quantitative estimate of drug-likeness (QED) is 0.776. The van der Waals surface area contributed by atoms with Gasteiger partial charge in [-0.1, -0.05) is 12.8 Å². The van der Waals surface area contributed by atoms with Crippen molar-refractivity contribution < 1.29 is 9.53 Å². The highest BCUT2D eigenvalue weighted by molar-refractivity contribution is 5.72. The zero-order chi connectivity index (χ0) is 14.6. The summed E-state index contributed by atoms with van der Waals surface area (Å²) in [6.07, 6.45) is 7.65. The van der Waals surface area contributed by atoms with Crippen LogP contribution in [0.2, 0.25) is 0 Å². The lowest BCUT2D eigenvalue weighted by Gasteiger charge is -2.36. The predicted molar refractivity (Wildman–Crippen MR) is 80.6 cm³/mol. The van der Waals surface area contributed by atoms with Crippen molar-refractivity contribution in [3.8, 4) is 0 Å². The van der Waals surface area contributed by atoms with E-state index in [2.05, 4.69) is 10.6 Å². The first-order valence-corrected chi connectivity index (χ1v) is 8.14. The first-order chi connectivity index (χ1) is 9.46. The first-order valence-electron chi connectivity index (χ1n) is 8.14. The molecule has 116 valence electrons. The van der Waals surface area contributed by atoms with Gasteiger partial charge in [-0.3, -0.25) is 4.79 Å². The second-order valence-corrected chi connectivity index (χ2v) is 7.22. The number of carbonyl (C=O) groups is 1. The summed E-state index contributed by atoms with van der Waals surface area (Å²) in [6, 6.07) is 1.11. The van der Waals surface area contributed by atoms with Crippen LogP contribution in [0.25, 0.3) is 0 Å². The summed E-state index contributed by atoms with van der Waals surface area (Å²) in [6.45, 7) is 7.23. The molecule has 1 aliphatic heterocycles. The second-order valence-electron chi connectivity index (χ2n) is 7.22. The van der Waals surface area contributed by atoms with E-state index in [0.29, 0.717) is 24.5 Å². The van der Waals surface area contributed by atoms with Gasteiger partial charge >= 0.3 is 5.97 Å². The summed E-state index contributed by atoms with van der Waals surface area (Å²) in [7, 11) is 0. The van der Waals surface area contributed by atoms with Gasteiger partial charge in [0, 0.05) is 12.1 Å². The fraction of sp³-hybridized carbons (Fsp3) is 0.938. The maximum Gasteiger partial charge on any atom is 0.320 e. The molecule has 0 aromatic heterocycles. The molecule has 2 aliphatic rings. The van der Waals surface area contributed by atoms with E-state index >= 15 is 0 Å². The fourth-order valence-electron chi connectivity index (χ4n) is 3.56. The summed E-state index contributed by atoms with van der Waals surface area (Å²) in [5, 5.41) is 7.08. The van der Waals surface area contributed by atoms with Crippen LogP contribution >= 0.6 is 0 Å². The van der Waals surface area contributed by atoms with Crippen molar-refractivity contribution in [3.63, 3.8) is 0 Å². The molecule has 0 amide bonds. The lowest BCUT2D eigenvalue weighted by atomic mass is 9.79. The molecule has 0 aromatic rings. The molecule has 20 heavy (non-hydrogen) atoms. The number of nitrogens with one attached hydrogen (secondary N) is 2.